The van der Waals surface area contributed by atoms with E-state index in [0.717, 1.165) is 0 Å². The van der Waals surface area contributed by atoms with E-state index in [4.69, 9.17) is 23.2 Å². The van der Waals surface area contributed by atoms with E-state index in [1.54, 1.807) is 36.4 Å². The summed E-state index contributed by atoms with van der Waals surface area (Å²) in [7, 11) is 0. The highest BCUT2D eigenvalue weighted by Gasteiger charge is 2.18. The maximum absolute atomic E-state index is 12.5. The van der Waals surface area contributed by atoms with Crippen LogP contribution in [0.3, 0.4) is 0 Å². The van der Waals surface area contributed by atoms with E-state index >= 15 is 0 Å². The molecule has 0 fully saturated rings. The Kier molecular flexibility index (Phi) is 4.42. The molecule has 0 heterocycles. The van der Waals surface area contributed by atoms with Crippen molar-refractivity contribution in [2.75, 3.05) is 5.32 Å². The smallest absolute Gasteiger partial charge is 0.259 e. The van der Waals surface area contributed by atoms with Crippen LogP contribution < -0.4 is 5.32 Å². The lowest BCUT2D eigenvalue weighted by Gasteiger charge is -2.12. The summed E-state index contributed by atoms with van der Waals surface area (Å²) in [5, 5.41) is 14.9. The largest absolute Gasteiger partial charge is 0.506 e. The molecule has 3 rings (SSSR count). The first-order valence-corrected chi connectivity index (χ1v) is 7.73. The van der Waals surface area contributed by atoms with Crippen molar-refractivity contribution in [2.45, 2.75) is 0 Å². The third-order valence-corrected chi connectivity index (χ3v) is 4.16. The van der Waals surface area contributed by atoms with Gasteiger partial charge in [0, 0.05) is 5.02 Å². The van der Waals surface area contributed by atoms with Gasteiger partial charge in [-0.3, -0.25) is 9.59 Å². The Balaban J connectivity index is 2.08. The molecular formula is C18H11Cl2NO3. The Morgan fingerprint density at radius 2 is 1.83 bits per heavy atom. The van der Waals surface area contributed by atoms with Crippen molar-refractivity contribution < 1.29 is 14.7 Å². The van der Waals surface area contributed by atoms with Gasteiger partial charge in [0.2, 0.25) is 0 Å². The summed E-state index contributed by atoms with van der Waals surface area (Å²) >= 11 is 11.9. The van der Waals surface area contributed by atoms with Crippen molar-refractivity contribution in [1.82, 2.24) is 0 Å². The summed E-state index contributed by atoms with van der Waals surface area (Å²) in [4.78, 5) is 23.9. The van der Waals surface area contributed by atoms with Gasteiger partial charge in [0.05, 0.1) is 21.8 Å². The molecule has 0 aromatic heterocycles. The molecule has 0 saturated carbocycles. The van der Waals surface area contributed by atoms with E-state index < -0.39 is 5.91 Å². The molecule has 0 bridgehead atoms. The number of hydrogen-bond donors (Lipinski definition) is 2. The normalized spacial score (nSPS) is 10.6. The lowest BCUT2D eigenvalue weighted by atomic mass is 9.99. The highest BCUT2D eigenvalue weighted by molar-refractivity contribution is 6.36. The molecule has 24 heavy (non-hydrogen) atoms. The van der Waals surface area contributed by atoms with Gasteiger partial charge < -0.3 is 10.4 Å². The molecule has 0 unspecified atom stereocenters. The molecule has 0 saturated heterocycles. The fourth-order valence-corrected chi connectivity index (χ4v) is 2.78. The highest BCUT2D eigenvalue weighted by Crippen LogP contribution is 2.32. The number of amides is 1. The van der Waals surface area contributed by atoms with Crippen LogP contribution >= 0.6 is 23.2 Å². The van der Waals surface area contributed by atoms with Crippen LogP contribution in [0, 0.1) is 0 Å². The zero-order valence-corrected chi connectivity index (χ0v) is 13.7. The fraction of sp³-hybridized carbons (Fsp3) is 0. The third kappa shape index (κ3) is 2.94. The quantitative estimate of drug-likeness (QED) is 0.652. The Labute approximate surface area is 147 Å². The van der Waals surface area contributed by atoms with Crippen LogP contribution in [-0.4, -0.2) is 17.3 Å². The fourth-order valence-electron chi connectivity index (χ4n) is 2.44. The number of anilines is 1. The second-order valence-electron chi connectivity index (χ2n) is 5.10. The van der Waals surface area contributed by atoms with Gasteiger partial charge in [0.1, 0.15) is 5.75 Å². The zero-order valence-electron chi connectivity index (χ0n) is 12.2. The first-order valence-electron chi connectivity index (χ1n) is 6.97. The topological polar surface area (TPSA) is 66.4 Å². The average Bonchev–Trinajstić information content (AvgIpc) is 2.57. The van der Waals surface area contributed by atoms with Crippen molar-refractivity contribution in [1.29, 1.82) is 0 Å². The number of carbonyl (C=O) groups excluding carboxylic acids is 2. The number of phenolic OH excluding ortho intramolecular Hbond substituents is 1. The van der Waals surface area contributed by atoms with Crippen molar-refractivity contribution >= 4 is 51.9 Å². The van der Waals surface area contributed by atoms with E-state index in [0.29, 0.717) is 32.8 Å². The number of halogens is 2. The van der Waals surface area contributed by atoms with E-state index in [1.807, 2.05) is 0 Å². The second-order valence-corrected chi connectivity index (χ2v) is 5.95. The van der Waals surface area contributed by atoms with Crippen LogP contribution in [0.15, 0.2) is 48.5 Å². The standard InChI is InChI=1S/C18H11Cl2NO3/c19-11-5-6-15(20)16(8-11)21-18(24)13-7-10-3-1-2-4-12(10)14(9-22)17(13)23/h1-9,23H,(H,21,24). The molecule has 2 N–H and O–H groups in total. The van der Waals surface area contributed by atoms with Crippen molar-refractivity contribution in [3.8, 4) is 5.75 Å². The first-order chi connectivity index (χ1) is 11.5. The number of aromatic hydroxyl groups is 1. The molecule has 0 aliphatic heterocycles. The van der Waals surface area contributed by atoms with Gasteiger partial charge >= 0.3 is 0 Å². The molecular weight excluding hydrogens is 349 g/mol. The number of benzene rings is 3. The van der Waals surface area contributed by atoms with Crippen molar-refractivity contribution in [3.05, 3.63) is 69.7 Å². The molecule has 6 heteroatoms. The van der Waals surface area contributed by atoms with Crippen LogP contribution in [0.1, 0.15) is 20.7 Å². The summed E-state index contributed by atoms with van der Waals surface area (Å²) in [5.74, 6) is -0.968. The average molecular weight is 360 g/mol. The van der Waals surface area contributed by atoms with Crippen LogP contribution in [0.4, 0.5) is 5.69 Å². The Morgan fingerprint density at radius 3 is 2.58 bits per heavy atom. The Bertz CT molecular complexity index is 970. The minimum atomic E-state index is -0.592. The molecule has 1 amide bonds. The number of fused-ring (bicyclic) bond motifs is 1. The van der Waals surface area contributed by atoms with Gasteiger partial charge in [-0.1, -0.05) is 47.5 Å². The molecule has 0 radical (unpaired) electrons. The highest BCUT2D eigenvalue weighted by atomic mass is 35.5. The zero-order chi connectivity index (χ0) is 17.3. The maximum atomic E-state index is 12.5. The molecule has 4 nitrogen and oxygen atoms in total. The van der Waals surface area contributed by atoms with Gasteiger partial charge in [-0.15, -0.1) is 0 Å². The summed E-state index contributed by atoms with van der Waals surface area (Å²) in [6.07, 6.45) is 0.529. The molecule has 0 aliphatic carbocycles. The molecule has 120 valence electrons. The third-order valence-electron chi connectivity index (χ3n) is 3.60. The van der Waals surface area contributed by atoms with E-state index in [-0.39, 0.29) is 16.9 Å². The van der Waals surface area contributed by atoms with Gasteiger partial charge in [-0.05, 0) is 35.0 Å². The lowest BCUT2D eigenvalue weighted by molar-refractivity contribution is 0.102. The minimum absolute atomic E-state index is 0.0214. The summed E-state index contributed by atoms with van der Waals surface area (Å²) in [5.41, 5.74) is 0.358. The molecule has 3 aromatic carbocycles. The van der Waals surface area contributed by atoms with Crippen LogP contribution in [0.5, 0.6) is 5.75 Å². The summed E-state index contributed by atoms with van der Waals surface area (Å²) in [6.45, 7) is 0. The number of carbonyl (C=O) groups is 2. The summed E-state index contributed by atoms with van der Waals surface area (Å²) in [6, 6.07) is 13.2. The van der Waals surface area contributed by atoms with Crippen LogP contribution in [0.25, 0.3) is 10.8 Å². The van der Waals surface area contributed by atoms with Crippen LogP contribution in [-0.2, 0) is 0 Å². The van der Waals surface area contributed by atoms with E-state index in [2.05, 4.69) is 5.32 Å². The number of rotatable bonds is 3. The number of hydrogen-bond acceptors (Lipinski definition) is 3. The van der Waals surface area contributed by atoms with Gasteiger partial charge in [0.15, 0.2) is 6.29 Å². The second kappa shape index (κ2) is 6.51. The number of phenols is 1. The van der Waals surface area contributed by atoms with Crippen molar-refractivity contribution in [3.63, 3.8) is 0 Å². The molecule has 0 spiro atoms. The molecule has 3 aromatic rings. The van der Waals surface area contributed by atoms with Gasteiger partial charge in [-0.25, -0.2) is 0 Å². The van der Waals surface area contributed by atoms with E-state index in [1.165, 1.54) is 12.1 Å². The summed E-state index contributed by atoms with van der Waals surface area (Å²) < 4.78 is 0. The van der Waals surface area contributed by atoms with Crippen molar-refractivity contribution in [2.24, 2.45) is 0 Å². The predicted octanol–water partition coefficient (Wildman–Crippen LogP) is 4.92. The van der Waals surface area contributed by atoms with Gasteiger partial charge in [-0.2, -0.15) is 0 Å². The van der Waals surface area contributed by atoms with Gasteiger partial charge in [0.25, 0.3) is 5.91 Å². The number of aldehydes is 1. The first kappa shape index (κ1) is 16.3. The Hall–Kier alpha value is -2.56. The molecule has 0 aliphatic rings. The minimum Gasteiger partial charge on any atom is -0.506 e. The monoisotopic (exact) mass is 359 g/mol. The maximum Gasteiger partial charge on any atom is 0.259 e. The Morgan fingerprint density at radius 1 is 1.08 bits per heavy atom. The SMILES string of the molecule is O=Cc1c(O)c(C(=O)Nc2cc(Cl)ccc2Cl)cc2ccccc12. The van der Waals surface area contributed by atoms with E-state index in [9.17, 15) is 14.7 Å². The predicted molar refractivity (Wildman–Crippen MR) is 95.4 cm³/mol. The number of nitrogens with one attached hydrogen (secondary N) is 1. The van der Waals surface area contributed by atoms with Crippen LogP contribution in [0.2, 0.25) is 10.0 Å². The lowest BCUT2D eigenvalue weighted by Crippen LogP contribution is -2.13. The molecule has 0 atom stereocenters.